The van der Waals surface area contributed by atoms with Gasteiger partial charge in [-0.25, -0.2) is 5.48 Å². The zero-order chi connectivity index (χ0) is 8.10. The predicted octanol–water partition coefficient (Wildman–Crippen LogP) is -0.194. The minimum Gasteiger partial charge on any atom is -0.354 e. The first kappa shape index (κ1) is 8.49. The van der Waals surface area contributed by atoms with Crippen molar-refractivity contribution in [3.63, 3.8) is 0 Å². The highest BCUT2D eigenvalue weighted by molar-refractivity contribution is 5.80. The molecule has 1 rings (SSSR count). The van der Waals surface area contributed by atoms with Gasteiger partial charge < -0.3 is 5.32 Å². The van der Waals surface area contributed by atoms with E-state index in [4.69, 9.17) is 4.84 Å². The zero-order valence-corrected chi connectivity index (χ0v) is 6.72. The van der Waals surface area contributed by atoms with Crippen LogP contribution < -0.4 is 10.8 Å². The number of hydroxylamine groups is 1. The predicted molar refractivity (Wildman–Crippen MR) is 40.8 cm³/mol. The third-order valence-corrected chi connectivity index (χ3v) is 1.58. The highest BCUT2D eigenvalue weighted by Gasteiger charge is 2.22. The second kappa shape index (κ2) is 4.31. The average molecular weight is 158 g/mol. The largest absolute Gasteiger partial charge is 0.354 e. The van der Waals surface area contributed by atoms with Crippen molar-refractivity contribution in [1.82, 2.24) is 10.8 Å². The van der Waals surface area contributed by atoms with Crippen LogP contribution in [0.25, 0.3) is 0 Å². The SMILES string of the molecule is CCCNC(=O)C1CCNO1. The van der Waals surface area contributed by atoms with Crippen molar-refractivity contribution in [2.45, 2.75) is 25.9 Å². The molecule has 64 valence electrons. The quantitative estimate of drug-likeness (QED) is 0.598. The number of hydrogen-bond donors (Lipinski definition) is 2. The Morgan fingerprint density at radius 2 is 2.64 bits per heavy atom. The number of rotatable bonds is 3. The lowest BCUT2D eigenvalue weighted by Crippen LogP contribution is -2.35. The molecule has 1 unspecified atom stereocenters. The summed E-state index contributed by atoms with van der Waals surface area (Å²) in [6, 6.07) is 0. The topological polar surface area (TPSA) is 50.4 Å². The lowest BCUT2D eigenvalue weighted by molar-refractivity contribution is -0.132. The summed E-state index contributed by atoms with van der Waals surface area (Å²) in [7, 11) is 0. The standard InChI is InChI=1S/C7H14N2O2/c1-2-4-8-7(10)6-3-5-9-11-6/h6,9H,2-5H2,1H3,(H,8,10). The third-order valence-electron chi connectivity index (χ3n) is 1.58. The lowest BCUT2D eigenvalue weighted by atomic mass is 10.2. The number of carbonyl (C=O) groups excluding carboxylic acids is 1. The van der Waals surface area contributed by atoms with Crippen molar-refractivity contribution < 1.29 is 9.63 Å². The van der Waals surface area contributed by atoms with Crippen molar-refractivity contribution in [2.24, 2.45) is 0 Å². The maximum atomic E-state index is 11.1. The molecule has 2 N–H and O–H groups in total. The van der Waals surface area contributed by atoms with Gasteiger partial charge in [-0.15, -0.1) is 0 Å². The molecule has 1 atom stereocenters. The molecule has 1 aliphatic rings. The van der Waals surface area contributed by atoms with E-state index in [-0.39, 0.29) is 12.0 Å². The molecule has 0 spiro atoms. The highest BCUT2D eigenvalue weighted by atomic mass is 16.7. The van der Waals surface area contributed by atoms with Crippen molar-refractivity contribution in [3.8, 4) is 0 Å². The highest BCUT2D eigenvalue weighted by Crippen LogP contribution is 2.02. The van der Waals surface area contributed by atoms with Gasteiger partial charge in [0.1, 0.15) is 0 Å². The monoisotopic (exact) mass is 158 g/mol. The van der Waals surface area contributed by atoms with Crippen LogP contribution in [0.3, 0.4) is 0 Å². The Kier molecular flexibility index (Phi) is 3.32. The summed E-state index contributed by atoms with van der Waals surface area (Å²) in [6.07, 6.45) is 1.46. The molecule has 1 aliphatic heterocycles. The lowest BCUT2D eigenvalue weighted by Gasteiger charge is -2.07. The molecule has 0 aromatic rings. The zero-order valence-electron chi connectivity index (χ0n) is 6.72. The van der Waals surface area contributed by atoms with Crippen LogP contribution in [0.5, 0.6) is 0 Å². The third kappa shape index (κ3) is 2.48. The molecule has 0 bridgehead atoms. The molecular weight excluding hydrogens is 144 g/mol. The molecule has 1 saturated heterocycles. The van der Waals surface area contributed by atoms with Gasteiger partial charge in [-0.1, -0.05) is 6.92 Å². The summed E-state index contributed by atoms with van der Waals surface area (Å²) in [5, 5.41) is 2.77. The summed E-state index contributed by atoms with van der Waals surface area (Å²) >= 11 is 0. The molecule has 0 aliphatic carbocycles. The number of hydrogen-bond acceptors (Lipinski definition) is 3. The van der Waals surface area contributed by atoms with Crippen LogP contribution in [0.1, 0.15) is 19.8 Å². The molecule has 11 heavy (non-hydrogen) atoms. The van der Waals surface area contributed by atoms with Gasteiger partial charge in [0.05, 0.1) is 0 Å². The van der Waals surface area contributed by atoms with E-state index in [1.54, 1.807) is 0 Å². The molecule has 1 heterocycles. The van der Waals surface area contributed by atoms with Crippen molar-refractivity contribution in [2.75, 3.05) is 13.1 Å². The first-order valence-corrected chi connectivity index (χ1v) is 4.01. The van der Waals surface area contributed by atoms with E-state index < -0.39 is 0 Å². The van der Waals surface area contributed by atoms with E-state index in [0.29, 0.717) is 0 Å². The normalized spacial score (nSPS) is 23.5. The Hall–Kier alpha value is -0.610. The maximum absolute atomic E-state index is 11.1. The second-order valence-corrected chi connectivity index (χ2v) is 2.58. The fourth-order valence-electron chi connectivity index (χ4n) is 0.955. The van der Waals surface area contributed by atoms with Gasteiger partial charge in [0.2, 0.25) is 0 Å². The molecule has 1 fully saturated rings. The van der Waals surface area contributed by atoms with Gasteiger partial charge >= 0.3 is 0 Å². The van der Waals surface area contributed by atoms with E-state index >= 15 is 0 Å². The molecule has 0 saturated carbocycles. The van der Waals surface area contributed by atoms with Crippen molar-refractivity contribution in [1.29, 1.82) is 0 Å². The number of carbonyl (C=O) groups is 1. The van der Waals surface area contributed by atoms with E-state index in [1.807, 2.05) is 6.92 Å². The van der Waals surface area contributed by atoms with Crippen molar-refractivity contribution in [3.05, 3.63) is 0 Å². The van der Waals surface area contributed by atoms with Crippen LogP contribution in [-0.4, -0.2) is 25.1 Å². The summed E-state index contributed by atoms with van der Waals surface area (Å²) in [5.74, 6) is -0.00292. The first-order valence-electron chi connectivity index (χ1n) is 4.01. The number of amides is 1. The average Bonchev–Trinajstić information content (AvgIpc) is 2.52. The summed E-state index contributed by atoms with van der Waals surface area (Å²) in [6.45, 7) is 3.52. The van der Waals surface area contributed by atoms with Crippen LogP contribution in [0.4, 0.5) is 0 Å². The molecule has 4 heteroatoms. The van der Waals surface area contributed by atoms with E-state index in [2.05, 4.69) is 10.8 Å². The Balaban J connectivity index is 2.17. The minimum atomic E-state index is -0.276. The van der Waals surface area contributed by atoms with E-state index in [9.17, 15) is 4.79 Å². The van der Waals surface area contributed by atoms with Gasteiger partial charge in [0.25, 0.3) is 5.91 Å². The van der Waals surface area contributed by atoms with Crippen LogP contribution in [0, 0.1) is 0 Å². The van der Waals surface area contributed by atoms with Gasteiger partial charge in [-0.2, -0.15) is 0 Å². The Bertz CT molecular complexity index is 132. The molecule has 1 amide bonds. The molecular formula is C7H14N2O2. The molecule has 0 aromatic carbocycles. The van der Waals surface area contributed by atoms with Crippen LogP contribution in [0.2, 0.25) is 0 Å². The van der Waals surface area contributed by atoms with Crippen LogP contribution >= 0.6 is 0 Å². The molecule has 0 radical (unpaired) electrons. The Labute approximate surface area is 66.3 Å². The Morgan fingerprint density at radius 1 is 1.82 bits per heavy atom. The van der Waals surface area contributed by atoms with Crippen LogP contribution in [-0.2, 0) is 9.63 Å². The van der Waals surface area contributed by atoms with Gasteiger partial charge in [-0.05, 0) is 12.8 Å². The smallest absolute Gasteiger partial charge is 0.251 e. The maximum Gasteiger partial charge on any atom is 0.251 e. The summed E-state index contributed by atoms with van der Waals surface area (Å²) in [4.78, 5) is 16.1. The van der Waals surface area contributed by atoms with Gasteiger partial charge in [0, 0.05) is 13.1 Å². The van der Waals surface area contributed by atoms with Gasteiger partial charge in [-0.3, -0.25) is 9.63 Å². The fourth-order valence-corrected chi connectivity index (χ4v) is 0.955. The minimum absolute atomic E-state index is 0.00292. The first-order chi connectivity index (χ1) is 5.34. The molecule has 4 nitrogen and oxygen atoms in total. The fraction of sp³-hybridized carbons (Fsp3) is 0.857. The van der Waals surface area contributed by atoms with Crippen molar-refractivity contribution >= 4 is 5.91 Å². The second-order valence-electron chi connectivity index (χ2n) is 2.58. The molecule has 0 aromatic heterocycles. The summed E-state index contributed by atoms with van der Waals surface area (Å²) in [5.41, 5.74) is 2.67. The van der Waals surface area contributed by atoms with Crippen LogP contribution in [0.15, 0.2) is 0 Å². The van der Waals surface area contributed by atoms with E-state index in [0.717, 1.165) is 25.9 Å². The Morgan fingerprint density at radius 3 is 3.18 bits per heavy atom. The van der Waals surface area contributed by atoms with Gasteiger partial charge in [0.15, 0.2) is 6.10 Å². The summed E-state index contributed by atoms with van der Waals surface area (Å²) < 4.78 is 0. The number of nitrogens with one attached hydrogen (secondary N) is 2. The van der Waals surface area contributed by atoms with E-state index in [1.165, 1.54) is 0 Å².